The van der Waals surface area contributed by atoms with Gasteiger partial charge in [0.15, 0.2) is 0 Å². The van der Waals surface area contributed by atoms with Crippen molar-refractivity contribution < 1.29 is 9.59 Å². The number of carbonyl (C=O) groups excluding carboxylic acids is 2. The lowest BCUT2D eigenvalue weighted by Gasteiger charge is -2.42. The molecule has 1 atom stereocenters. The molecule has 0 bridgehead atoms. The molecule has 1 saturated heterocycles. The van der Waals surface area contributed by atoms with Crippen molar-refractivity contribution in [2.75, 3.05) is 20.1 Å². The Balaban J connectivity index is 1.60. The maximum atomic E-state index is 13.3. The number of piperidine rings is 1. The molecule has 5 heteroatoms. The van der Waals surface area contributed by atoms with E-state index < -0.39 is 5.41 Å². The molecule has 33 heavy (non-hydrogen) atoms. The fourth-order valence-corrected chi connectivity index (χ4v) is 4.97. The van der Waals surface area contributed by atoms with E-state index in [0.717, 1.165) is 40.7 Å². The summed E-state index contributed by atoms with van der Waals surface area (Å²) in [4.78, 5) is 32.6. The number of hydrogen-bond acceptors (Lipinski definition) is 3. The highest BCUT2D eigenvalue weighted by atomic mass is 16.2. The second-order valence-electron chi connectivity index (χ2n) is 9.02. The number of hydrogen-bond donors (Lipinski definition) is 1. The average molecular weight is 442 g/mol. The van der Waals surface area contributed by atoms with Crippen molar-refractivity contribution in [3.05, 3.63) is 89.7 Å². The Bertz CT molecular complexity index is 1130. The van der Waals surface area contributed by atoms with Crippen molar-refractivity contribution in [2.24, 2.45) is 5.41 Å². The maximum Gasteiger partial charge on any atom is 0.228 e. The molecule has 3 aromatic rings. The van der Waals surface area contributed by atoms with Gasteiger partial charge in [0.1, 0.15) is 0 Å². The predicted octanol–water partition coefficient (Wildman–Crippen LogP) is 4.20. The third-order valence-electron chi connectivity index (χ3n) is 6.59. The smallest absolute Gasteiger partial charge is 0.228 e. The van der Waals surface area contributed by atoms with Gasteiger partial charge in [-0.2, -0.15) is 0 Å². The molecule has 1 aliphatic heterocycles. The molecular formula is C28H31N3O2. The molecule has 0 saturated carbocycles. The van der Waals surface area contributed by atoms with E-state index in [-0.39, 0.29) is 11.8 Å². The first-order chi connectivity index (χ1) is 16.0. The van der Waals surface area contributed by atoms with Crippen LogP contribution in [0.3, 0.4) is 0 Å². The second-order valence-corrected chi connectivity index (χ2v) is 9.02. The summed E-state index contributed by atoms with van der Waals surface area (Å²) in [6, 6.07) is 20.2. The van der Waals surface area contributed by atoms with Crippen LogP contribution in [0.2, 0.25) is 0 Å². The van der Waals surface area contributed by atoms with Crippen LogP contribution in [0.1, 0.15) is 29.5 Å². The molecule has 1 N–H and O–H groups in total. The number of nitrogens with one attached hydrogen (secondary N) is 1. The zero-order valence-corrected chi connectivity index (χ0v) is 19.4. The summed E-state index contributed by atoms with van der Waals surface area (Å²) in [7, 11) is 1.69. The number of rotatable bonds is 6. The molecule has 2 heterocycles. The fourth-order valence-electron chi connectivity index (χ4n) is 4.97. The number of nitrogens with zero attached hydrogens (tertiary/aromatic N) is 2. The molecule has 1 aromatic heterocycles. The number of aryl methyl sites for hydroxylation is 1. The van der Waals surface area contributed by atoms with E-state index in [4.69, 9.17) is 0 Å². The lowest BCUT2D eigenvalue weighted by atomic mass is 9.73. The van der Waals surface area contributed by atoms with Crippen molar-refractivity contribution in [3.8, 4) is 11.1 Å². The zero-order valence-electron chi connectivity index (χ0n) is 19.4. The molecule has 0 aliphatic carbocycles. The summed E-state index contributed by atoms with van der Waals surface area (Å²) in [5.41, 5.74) is 4.71. The number of amides is 2. The summed E-state index contributed by atoms with van der Waals surface area (Å²) in [5.74, 6) is 0.0747. The highest BCUT2D eigenvalue weighted by Gasteiger charge is 2.43. The van der Waals surface area contributed by atoms with E-state index in [1.165, 1.54) is 0 Å². The third kappa shape index (κ3) is 5.14. The van der Waals surface area contributed by atoms with Crippen LogP contribution in [-0.4, -0.2) is 41.8 Å². The summed E-state index contributed by atoms with van der Waals surface area (Å²) < 4.78 is 0. The Hall–Kier alpha value is -3.47. The minimum absolute atomic E-state index is 0.00320. The van der Waals surface area contributed by atoms with Crippen molar-refractivity contribution in [1.29, 1.82) is 0 Å². The van der Waals surface area contributed by atoms with E-state index in [2.05, 4.69) is 28.5 Å². The number of aromatic nitrogens is 1. The Morgan fingerprint density at radius 3 is 2.70 bits per heavy atom. The predicted molar refractivity (Wildman–Crippen MR) is 131 cm³/mol. The number of benzene rings is 2. The molecule has 0 spiro atoms. The first-order valence-electron chi connectivity index (χ1n) is 11.5. The van der Waals surface area contributed by atoms with Crippen LogP contribution in [0.4, 0.5) is 0 Å². The van der Waals surface area contributed by atoms with Gasteiger partial charge in [0, 0.05) is 38.1 Å². The van der Waals surface area contributed by atoms with Gasteiger partial charge in [0.2, 0.25) is 11.8 Å². The lowest BCUT2D eigenvalue weighted by Crippen LogP contribution is -2.54. The summed E-state index contributed by atoms with van der Waals surface area (Å²) in [5, 5.41) is 2.88. The Morgan fingerprint density at radius 2 is 1.94 bits per heavy atom. The Morgan fingerprint density at radius 1 is 1.09 bits per heavy atom. The van der Waals surface area contributed by atoms with Gasteiger partial charge in [-0.1, -0.05) is 60.2 Å². The van der Waals surface area contributed by atoms with Crippen LogP contribution in [-0.2, 0) is 22.4 Å². The van der Waals surface area contributed by atoms with E-state index in [0.29, 0.717) is 25.9 Å². The molecule has 1 unspecified atom stereocenters. The minimum atomic E-state index is -0.659. The van der Waals surface area contributed by atoms with Gasteiger partial charge in [-0.05, 0) is 48.9 Å². The van der Waals surface area contributed by atoms with Gasteiger partial charge < -0.3 is 10.2 Å². The molecule has 1 fully saturated rings. The van der Waals surface area contributed by atoms with Gasteiger partial charge in [-0.3, -0.25) is 14.6 Å². The van der Waals surface area contributed by atoms with Crippen LogP contribution < -0.4 is 5.32 Å². The van der Waals surface area contributed by atoms with E-state index >= 15 is 0 Å². The summed E-state index contributed by atoms with van der Waals surface area (Å²) in [6.07, 6.45) is 6.11. The van der Waals surface area contributed by atoms with E-state index in [9.17, 15) is 9.59 Å². The highest BCUT2D eigenvalue weighted by molar-refractivity contribution is 5.85. The standard InChI is InChI=1S/C28H31N3O2/c1-21-8-5-9-22(16-21)17-26(32)31-15-7-13-28(20-31,27(33)29-2)18-23-10-3-4-12-25(23)24-11-6-14-30-19-24/h3-6,8-12,14,16,19H,7,13,15,17-18,20H2,1-2H3,(H,29,33). The van der Waals surface area contributed by atoms with Crippen LogP contribution in [0.15, 0.2) is 73.1 Å². The largest absolute Gasteiger partial charge is 0.359 e. The second kappa shape index (κ2) is 9.99. The minimum Gasteiger partial charge on any atom is -0.359 e. The van der Waals surface area contributed by atoms with Gasteiger partial charge in [0.05, 0.1) is 11.8 Å². The summed E-state index contributed by atoms with van der Waals surface area (Å²) in [6.45, 7) is 3.15. The van der Waals surface area contributed by atoms with Crippen molar-refractivity contribution in [3.63, 3.8) is 0 Å². The molecule has 5 nitrogen and oxygen atoms in total. The lowest BCUT2D eigenvalue weighted by molar-refractivity contribution is -0.141. The highest BCUT2D eigenvalue weighted by Crippen LogP contribution is 2.37. The Labute approximate surface area is 195 Å². The topological polar surface area (TPSA) is 62.3 Å². The quantitative estimate of drug-likeness (QED) is 0.624. The van der Waals surface area contributed by atoms with Gasteiger partial charge >= 0.3 is 0 Å². The molecule has 1 aliphatic rings. The summed E-state index contributed by atoms with van der Waals surface area (Å²) >= 11 is 0. The van der Waals surface area contributed by atoms with Crippen LogP contribution in [0, 0.1) is 12.3 Å². The van der Waals surface area contributed by atoms with Crippen molar-refractivity contribution >= 4 is 11.8 Å². The van der Waals surface area contributed by atoms with Crippen LogP contribution in [0.5, 0.6) is 0 Å². The molecule has 2 aromatic carbocycles. The molecule has 4 rings (SSSR count). The van der Waals surface area contributed by atoms with E-state index in [1.807, 2.05) is 60.5 Å². The Kier molecular flexibility index (Phi) is 6.87. The van der Waals surface area contributed by atoms with Crippen LogP contribution in [0.25, 0.3) is 11.1 Å². The first kappa shape index (κ1) is 22.7. The molecular weight excluding hydrogens is 410 g/mol. The van der Waals surface area contributed by atoms with Gasteiger partial charge in [-0.15, -0.1) is 0 Å². The molecule has 2 amide bonds. The maximum absolute atomic E-state index is 13.3. The average Bonchev–Trinajstić information content (AvgIpc) is 2.84. The number of likely N-dealkylation sites (tertiary alicyclic amines) is 1. The SMILES string of the molecule is CNC(=O)C1(Cc2ccccc2-c2cccnc2)CCCN(C(=O)Cc2cccc(C)c2)C1. The van der Waals surface area contributed by atoms with Crippen LogP contribution >= 0.6 is 0 Å². The monoisotopic (exact) mass is 441 g/mol. The van der Waals surface area contributed by atoms with Crippen molar-refractivity contribution in [1.82, 2.24) is 15.2 Å². The zero-order chi connectivity index (χ0) is 23.3. The normalized spacial score (nSPS) is 18.1. The third-order valence-corrected chi connectivity index (χ3v) is 6.59. The molecule has 0 radical (unpaired) electrons. The fraction of sp³-hybridized carbons (Fsp3) is 0.321. The van der Waals surface area contributed by atoms with Crippen molar-refractivity contribution in [2.45, 2.75) is 32.6 Å². The first-order valence-corrected chi connectivity index (χ1v) is 11.5. The molecule has 170 valence electrons. The van der Waals surface area contributed by atoms with Gasteiger partial charge in [-0.25, -0.2) is 0 Å². The number of pyridine rings is 1. The number of carbonyl (C=O) groups is 2. The van der Waals surface area contributed by atoms with E-state index in [1.54, 1.807) is 13.2 Å². The van der Waals surface area contributed by atoms with Gasteiger partial charge in [0.25, 0.3) is 0 Å².